The highest BCUT2D eigenvalue weighted by molar-refractivity contribution is 7.89. The summed E-state index contributed by atoms with van der Waals surface area (Å²) in [5.41, 5.74) is 3.81. The SMILES string of the molecule is Cc1ccc2cc(CN(CCc3ccccc3)S(=O)(=O)c3ccc(F)cc3)c(=O)[nH]c2c1C. The molecule has 0 aliphatic heterocycles. The number of benzene rings is 3. The largest absolute Gasteiger partial charge is 0.321 e. The third-order valence-corrected chi connectivity index (χ3v) is 7.78. The molecule has 5 nitrogen and oxygen atoms in total. The van der Waals surface area contributed by atoms with Crippen molar-refractivity contribution in [3.05, 3.63) is 111 Å². The molecule has 4 rings (SSSR count). The number of fused-ring (bicyclic) bond motifs is 1. The quantitative estimate of drug-likeness (QED) is 0.430. The Labute approximate surface area is 192 Å². The zero-order chi connectivity index (χ0) is 23.6. The molecule has 7 heteroatoms. The molecule has 0 aliphatic rings. The molecule has 170 valence electrons. The molecular weight excluding hydrogens is 439 g/mol. The summed E-state index contributed by atoms with van der Waals surface area (Å²) in [6.45, 7) is 4.00. The van der Waals surface area contributed by atoms with E-state index in [1.54, 1.807) is 6.07 Å². The molecule has 0 spiro atoms. The van der Waals surface area contributed by atoms with E-state index in [2.05, 4.69) is 4.98 Å². The summed E-state index contributed by atoms with van der Waals surface area (Å²) in [7, 11) is -3.96. The zero-order valence-corrected chi connectivity index (χ0v) is 19.3. The van der Waals surface area contributed by atoms with Crippen LogP contribution in [-0.2, 0) is 23.0 Å². The first kappa shape index (κ1) is 22.9. The Morgan fingerprint density at radius 2 is 1.64 bits per heavy atom. The maximum absolute atomic E-state index is 13.4. The van der Waals surface area contributed by atoms with E-state index in [4.69, 9.17) is 0 Å². The van der Waals surface area contributed by atoms with Gasteiger partial charge in [0.2, 0.25) is 10.0 Å². The highest BCUT2D eigenvalue weighted by atomic mass is 32.2. The van der Waals surface area contributed by atoms with Crippen LogP contribution in [0.25, 0.3) is 10.9 Å². The Morgan fingerprint density at radius 3 is 2.33 bits per heavy atom. The summed E-state index contributed by atoms with van der Waals surface area (Å²) in [5, 5.41) is 0.842. The number of hydrogen-bond donors (Lipinski definition) is 1. The summed E-state index contributed by atoms with van der Waals surface area (Å²) < 4.78 is 41.6. The predicted molar refractivity (Wildman–Crippen MR) is 128 cm³/mol. The number of nitrogens with one attached hydrogen (secondary N) is 1. The van der Waals surface area contributed by atoms with Gasteiger partial charge in [-0.1, -0.05) is 42.5 Å². The highest BCUT2D eigenvalue weighted by Crippen LogP contribution is 2.22. The van der Waals surface area contributed by atoms with Crippen molar-refractivity contribution >= 4 is 20.9 Å². The second kappa shape index (κ2) is 9.29. The van der Waals surface area contributed by atoms with Crippen LogP contribution in [0.1, 0.15) is 22.3 Å². The number of H-pyrrole nitrogens is 1. The summed E-state index contributed by atoms with van der Waals surface area (Å²) >= 11 is 0. The van der Waals surface area contributed by atoms with Crippen LogP contribution in [0, 0.1) is 19.7 Å². The molecule has 0 bridgehead atoms. The van der Waals surface area contributed by atoms with E-state index in [1.165, 1.54) is 16.4 Å². The minimum Gasteiger partial charge on any atom is -0.321 e. The molecule has 33 heavy (non-hydrogen) atoms. The van der Waals surface area contributed by atoms with Crippen molar-refractivity contribution in [2.24, 2.45) is 0 Å². The van der Waals surface area contributed by atoms with Crippen LogP contribution in [0.15, 0.2) is 82.5 Å². The van der Waals surface area contributed by atoms with E-state index in [0.717, 1.165) is 39.7 Å². The van der Waals surface area contributed by atoms with Gasteiger partial charge in [-0.15, -0.1) is 0 Å². The minimum atomic E-state index is -3.96. The third-order valence-electron chi connectivity index (χ3n) is 5.92. The lowest BCUT2D eigenvalue weighted by molar-refractivity contribution is 0.408. The molecule has 1 aromatic heterocycles. The van der Waals surface area contributed by atoms with E-state index in [9.17, 15) is 17.6 Å². The maximum atomic E-state index is 13.4. The van der Waals surface area contributed by atoms with Gasteiger partial charge in [0.15, 0.2) is 0 Å². The fraction of sp³-hybridized carbons (Fsp3) is 0.192. The lowest BCUT2D eigenvalue weighted by Gasteiger charge is -2.22. The molecule has 0 aliphatic carbocycles. The average Bonchev–Trinajstić information content (AvgIpc) is 2.81. The number of rotatable bonds is 7. The van der Waals surface area contributed by atoms with Gasteiger partial charge in [0.05, 0.1) is 10.4 Å². The second-order valence-corrected chi connectivity index (χ2v) is 10.1. The number of pyridine rings is 1. The predicted octanol–water partition coefficient (Wildman–Crippen LogP) is 4.72. The van der Waals surface area contributed by atoms with Gasteiger partial charge in [0.1, 0.15) is 5.82 Å². The molecule has 3 aromatic carbocycles. The summed E-state index contributed by atoms with van der Waals surface area (Å²) in [5.74, 6) is -0.513. The van der Waals surface area contributed by atoms with E-state index >= 15 is 0 Å². The first-order valence-corrected chi connectivity index (χ1v) is 12.1. The standard InChI is InChI=1S/C26H25FN2O3S/c1-18-8-9-21-16-22(26(30)28-25(21)19(18)2)17-29(15-14-20-6-4-3-5-7-20)33(31,32)24-12-10-23(27)11-13-24/h3-13,16H,14-15,17H2,1-2H3,(H,28,30). The Morgan fingerprint density at radius 1 is 0.939 bits per heavy atom. The van der Waals surface area contributed by atoms with Gasteiger partial charge in [-0.25, -0.2) is 12.8 Å². The Balaban J connectivity index is 1.73. The van der Waals surface area contributed by atoms with Crippen LogP contribution in [0.4, 0.5) is 4.39 Å². The highest BCUT2D eigenvalue weighted by Gasteiger charge is 2.26. The lowest BCUT2D eigenvalue weighted by Crippen LogP contribution is -2.34. The minimum absolute atomic E-state index is 0.0133. The number of aryl methyl sites for hydroxylation is 2. The molecular formula is C26H25FN2O3S. The number of aromatic nitrogens is 1. The average molecular weight is 465 g/mol. The van der Waals surface area contributed by atoms with Crippen molar-refractivity contribution in [2.75, 3.05) is 6.54 Å². The molecule has 0 radical (unpaired) electrons. The monoisotopic (exact) mass is 464 g/mol. The van der Waals surface area contributed by atoms with Gasteiger partial charge in [0, 0.05) is 18.7 Å². The van der Waals surface area contributed by atoms with Gasteiger partial charge >= 0.3 is 0 Å². The van der Waals surface area contributed by atoms with E-state index in [-0.39, 0.29) is 23.5 Å². The molecule has 0 amide bonds. The smallest absolute Gasteiger partial charge is 0.252 e. The van der Waals surface area contributed by atoms with Crippen molar-refractivity contribution in [3.63, 3.8) is 0 Å². The van der Waals surface area contributed by atoms with E-state index in [0.29, 0.717) is 12.0 Å². The van der Waals surface area contributed by atoms with Crippen LogP contribution >= 0.6 is 0 Å². The van der Waals surface area contributed by atoms with Gasteiger partial charge in [-0.3, -0.25) is 4.79 Å². The van der Waals surface area contributed by atoms with Crippen molar-refractivity contribution < 1.29 is 12.8 Å². The fourth-order valence-corrected chi connectivity index (χ4v) is 5.23. The van der Waals surface area contributed by atoms with Gasteiger partial charge < -0.3 is 4.98 Å². The molecule has 0 unspecified atom stereocenters. The number of hydrogen-bond acceptors (Lipinski definition) is 3. The maximum Gasteiger partial charge on any atom is 0.252 e. The number of sulfonamides is 1. The molecule has 0 saturated heterocycles. The van der Waals surface area contributed by atoms with Crippen molar-refractivity contribution in [1.29, 1.82) is 0 Å². The van der Waals surface area contributed by atoms with E-state index in [1.807, 2.05) is 56.3 Å². The van der Waals surface area contributed by atoms with Crippen LogP contribution in [-0.4, -0.2) is 24.3 Å². The summed E-state index contributed by atoms with van der Waals surface area (Å²) in [4.78, 5) is 15.8. The van der Waals surface area contributed by atoms with Crippen molar-refractivity contribution in [3.8, 4) is 0 Å². The van der Waals surface area contributed by atoms with Gasteiger partial charge in [-0.05, 0) is 72.7 Å². The first-order valence-electron chi connectivity index (χ1n) is 10.7. The van der Waals surface area contributed by atoms with Crippen molar-refractivity contribution in [1.82, 2.24) is 9.29 Å². The van der Waals surface area contributed by atoms with Crippen molar-refractivity contribution in [2.45, 2.75) is 31.7 Å². The molecule has 0 fully saturated rings. The number of nitrogens with zero attached hydrogens (tertiary/aromatic N) is 1. The summed E-state index contributed by atoms with van der Waals surface area (Å²) in [6.07, 6.45) is 0.477. The lowest BCUT2D eigenvalue weighted by atomic mass is 10.0. The van der Waals surface area contributed by atoms with Crippen LogP contribution < -0.4 is 5.56 Å². The van der Waals surface area contributed by atoms with Gasteiger partial charge in [0.25, 0.3) is 5.56 Å². The normalized spacial score (nSPS) is 11.9. The second-order valence-electron chi connectivity index (χ2n) is 8.12. The third kappa shape index (κ3) is 4.89. The number of halogens is 1. The topological polar surface area (TPSA) is 70.2 Å². The summed E-state index contributed by atoms with van der Waals surface area (Å²) in [6, 6.07) is 19.9. The van der Waals surface area contributed by atoms with Gasteiger partial charge in [-0.2, -0.15) is 4.31 Å². The van der Waals surface area contributed by atoms with Crippen LogP contribution in [0.2, 0.25) is 0 Å². The van der Waals surface area contributed by atoms with E-state index < -0.39 is 15.8 Å². The Kier molecular flexibility index (Phi) is 6.44. The molecule has 0 atom stereocenters. The fourth-order valence-electron chi connectivity index (χ4n) is 3.82. The Bertz CT molecular complexity index is 1450. The molecule has 1 heterocycles. The molecule has 0 saturated carbocycles. The number of aromatic amines is 1. The Hall–Kier alpha value is -3.29. The first-order chi connectivity index (χ1) is 15.8. The molecule has 4 aromatic rings. The molecule has 1 N–H and O–H groups in total. The zero-order valence-electron chi connectivity index (χ0n) is 18.5. The van der Waals surface area contributed by atoms with Crippen LogP contribution in [0.5, 0.6) is 0 Å². The van der Waals surface area contributed by atoms with Crippen LogP contribution in [0.3, 0.4) is 0 Å².